The maximum absolute atomic E-state index is 11.9. The topological polar surface area (TPSA) is 202 Å². The molecule has 1 unspecified atom stereocenters. The summed E-state index contributed by atoms with van der Waals surface area (Å²) in [4.78, 5) is 126. The Bertz CT molecular complexity index is 1200. The molecular formula is C27H36N4O12S2. The van der Waals surface area contributed by atoms with Crippen LogP contribution in [-0.4, -0.2) is 110 Å². The second kappa shape index (κ2) is 18.7. The molecule has 4 aliphatic heterocycles. The molecule has 0 bridgehead atoms. The number of rotatable bonds is 11. The maximum atomic E-state index is 11.9. The van der Waals surface area contributed by atoms with Crippen molar-refractivity contribution in [1.29, 1.82) is 0 Å². The minimum Gasteiger partial charge on any atom is -0.330 e. The van der Waals surface area contributed by atoms with E-state index in [0.717, 1.165) is 22.0 Å². The van der Waals surface area contributed by atoms with E-state index in [0.29, 0.717) is 10.1 Å². The minimum atomic E-state index is -0.749. The van der Waals surface area contributed by atoms with Crippen LogP contribution in [0.4, 0.5) is 0 Å². The second-order valence-electron chi connectivity index (χ2n) is 9.27. The molecule has 0 N–H and O–H groups in total. The number of hydroxylamine groups is 4. The number of carbonyl (C=O) groups excluding carboxylic acids is 10. The highest BCUT2D eigenvalue weighted by atomic mass is 32.2. The molecule has 3 saturated heterocycles. The Hall–Kier alpha value is -4.06. The summed E-state index contributed by atoms with van der Waals surface area (Å²) < 4.78 is 0. The van der Waals surface area contributed by atoms with E-state index in [9.17, 15) is 47.9 Å². The van der Waals surface area contributed by atoms with Crippen LogP contribution < -0.4 is 0 Å². The van der Waals surface area contributed by atoms with Gasteiger partial charge < -0.3 is 9.68 Å². The highest BCUT2D eigenvalue weighted by Crippen LogP contribution is 2.23. The Morgan fingerprint density at radius 3 is 1.44 bits per heavy atom. The molecule has 4 rings (SSSR count). The van der Waals surface area contributed by atoms with Crippen molar-refractivity contribution in [3.8, 4) is 0 Å². The van der Waals surface area contributed by atoms with E-state index in [2.05, 4.69) is 17.5 Å². The lowest BCUT2D eigenvalue weighted by molar-refractivity contribution is -0.197. The molecule has 8 amide bonds. The molecule has 248 valence electrons. The Morgan fingerprint density at radius 1 is 0.711 bits per heavy atom. The van der Waals surface area contributed by atoms with Gasteiger partial charge in [0, 0.05) is 70.2 Å². The van der Waals surface area contributed by atoms with Crippen LogP contribution in [0.5, 0.6) is 0 Å². The largest absolute Gasteiger partial charge is 0.333 e. The zero-order chi connectivity index (χ0) is 33.0. The first kappa shape index (κ1) is 39.0. The lowest BCUT2D eigenvalue weighted by atomic mass is 10.3. The average molecular weight is 673 g/mol. The van der Waals surface area contributed by atoms with Gasteiger partial charge in [-0.1, -0.05) is 7.43 Å². The van der Waals surface area contributed by atoms with Gasteiger partial charge in [0.2, 0.25) is 11.8 Å². The van der Waals surface area contributed by atoms with Crippen molar-refractivity contribution in [3.63, 3.8) is 0 Å². The summed E-state index contributed by atoms with van der Waals surface area (Å²) in [5.41, 5.74) is 0. The van der Waals surface area contributed by atoms with E-state index in [1.54, 1.807) is 12.5 Å². The van der Waals surface area contributed by atoms with Gasteiger partial charge in [-0.25, -0.2) is 9.59 Å². The molecule has 1 atom stereocenters. The highest BCUT2D eigenvalue weighted by Gasteiger charge is 2.38. The van der Waals surface area contributed by atoms with Gasteiger partial charge in [-0.15, -0.1) is 10.1 Å². The van der Waals surface area contributed by atoms with Crippen molar-refractivity contribution in [2.45, 2.75) is 70.5 Å². The van der Waals surface area contributed by atoms with Crippen molar-refractivity contribution in [2.24, 2.45) is 0 Å². The van der Waals surface area contributed by atoms with Crippen LogP contribution in [0.3, 0.4) is 0 Å². The number of hydrogen-bond donors (Lipinski definition) is 1. The van der Waals surface area contributed by atoms with Gasteiger partial charge in [-0.2, -0.15) is 24.4 Å². The van der Waals surface area contributed by atoms with E-state index in [4.69, 9.17) is 4.84 Å². The molecule has 4 aliphatic rings. The van der Waals surface area contributed by atoms with Gasteiger partial charge in [0.15, 0.2) is 0 Å². The summed E-state index contributed by atoms with van der Waals surface area (Å²) in [5.74, 6) is -4.98. The Morgan fingerprint density at radius 2 is 1.09 bits per heavy atom. The summed E-state index contributed by atoms with van der Waals surface area (Å²) in [6.07, 6.45) is 6.35. The molecule has 0 spiro atoms. The zero-order valence-electron chi connectivity index (χ0n) is 24.1. The first-order chi connectivity index (χ1) is 20.9. The van der Waals surface area contributed by atoms with Gasteiger partial charge in [0.1, 0.15) is 0 Å². The predicted molar refractivity (Wildman–Crippen MR) is 159 cm³/mol. The number of nitrogens with zero attached hydrogens (tertiary/aromatic N) is 4. The summed E-state index contributed by atoms with van der Waals surface area (Å²) in [7, 11) is 0. The Kier molecular flexibility index (Phi) is 16.2. The Balaban J connectivity index is 0.000000419. The molecule has 45 heavy (non-hydrogen) atoms. The van der Waals surface area contributed by atoms with Gasteiger partial charge >= 0.3 is 11.9 Å². The molecule has 4 heterocycles. The average Bonchev–Trinajstić information content (AvgIpc) is 3.69. The zero-order valence-corrected chi connectivity index (χ0v) is 25.8. The lowest BCUT2D eigenvalue weighted by Crippen LogP contribution is -2.34. The van der Waals surface area contributed by atoms with Crippen molar-refractivity contribution in [2.75, 3.05) is 25.6 Å². The quantitative estimate of drug-likeness (QED) is 0.233. The lowest BCUT2D eigenvalue weighted by Gasteiger charge is -2.15. The third-order valence-corrected chi connectivity index (χ3v) is 7.25. The molecule has 0 aromatic carbocycles. The molecule has 0 aromatic rings. The molecule has 3 fully saturated rings. The van der Waals surface area contributed by atoms with Crippen molar-refractivity contribution in [1.82, 2.24) is 19.9 Å². The maximum Gasteiger partial charge on any atom is 0.333 e. The van der Waals surface area contributed by atoms with E-state index in [1.165, 1.54) is 11.8 Å². The fraction of sp³-hybridized carbons (Fsp3) is 0.556. The third kappa shape index (κ3) is 10.8. The number of imide groups is 4. The smallest absolute Gasteiger partial charge is 0.330 e. The van der Waals surface area contributed by atoms with Crippen molar-refractivity contribution >= 4 is 83.6 Å². The van der Waals surface area contributed by atoms with Crippen molar-refractivity contribution < 1.29 is 57.6 Å². The van der Waals surface area contributed by atoms with Gasteiger partial charge in [0.05, 0.1) is 5.25 Å². The van der Waals surface area contributed by atoms with Crippen LogP contribution in [0.2, 0.25) is 0 Å². The van der Waals surface area contributed by atoms with Crippen molar-refractivity contribution in [3.05, 3.63) is 12.2 Å². The van der Waals surface area contributed by atoms with Crippen LogP contribution in [0, 0.1) is 0 Å². The van der Waals surface area contributed by atoms with Crippen LogP contribution in [0.1, 0.15) is 65.2 Å². The second-order valence-corrected chi connectivity index (χ2v) is 10.3. The standard InChI is InChI=1S/C13H16N2O6S.C12H12N2O6.CH4S.CH4/c1-22-8-7-11(18)14(13(8)20)6-2-3-12(19)21-15-9(16)4-5-10(15)17;15-8-3-4-9(16)13(8)7-1-2-12(19)20-14-10(17)5-6-11(14)18;1-2;/h8H,2-7H2,1H3;3-4H,1-2,5-7H2;2H,1H3;1H4. The van der Waals surface area contributed by atoms with Gasteiger partial charge in [0.25, 0.3) is 35.4 Å². The number of thioether (sulfide) groups is 1. The van der Waals surface area contributed by atoms with E-state index in [1.807, 2.05) is 0 Å². The first-order valence-corrected chi connectivity index (χ1v) is 15.6. The number of carbonyl (C=O) groups is 10. The number of hydrogen-bond acceptors (Lipinski definition) is 14. The highest BCUT2D eigenvalue weighted by molar-refractivity contribution is 8.00. The summed E-state index contributed by atoms with van der Waals surface area (Å²) in [5, 5.41) is 0.605. The molecule has 0 saturated carbocycles. The monoisotopic (exact) mass is 672 g/mol. The fourth-order valence-electron chi connectivity index (χ4n) is 4.10. The summed E-state index contributed by atoms with van der Waals surface area (Å²) >= 11 is 4.85. The predicted octanol–water partition coefficient (Wildman–Crippen LogP) is 0.345. The van der Waals surface area contributed by atoms with Crippen LogP contribution >= 0.6 is 24.4 Å². The fourth-order valence-corrected chi connectivity index (χ4v) is 4.74. The summed E-state index contributed by atoms with van der Waals surface area (Å²) in [6.45, 7) is 0.216. The number of thiol groups is 1. The molecule has 0 radical (unpaired) electrons. The molecular weight excluding hydrogens is 636 g/mol. The molecule has 18 heteroatoms. The first-order valence-electron chi connectivity index (χ1n) is 13.4. The Labute approximate surface area is 269 Å². The van der Waals surface area contributed by atoms with Crippen LogP contribution in [0.15, 0.2) is 12.2 Å². The minimum absolute atomic E-state index is 0. The molecule has 0 aliphatic carbocycles. The number of likely N-dealkylation sites (tertiary alicyclic amines) is 1. The SMILES string of the molecule is C.CS.CSC1CC(=O)N(CCCC(=O)ON2C(=O)CCC2=O)C1=O.O=C(CCCN1C(=O)C=CC1=O)ON1C(=O)CCC1=O. The van der Waals surface area contributed by atoms with Crippen LogP contribution in [-0.2, 0) is 57.6 Å². The van der Waals surface area contributed by atoms with Gasteiger partial charge in [-0.3, -0.25) is 48.2 Å². The molecule has 0 aromatic heterocycles. The van der Waals surface area contributed by atoms with E-state index < -0.39 is 47.4 Å². The summed E-state index contributed by atoms with van der Waals surface area (Å²) in [6, 6.07) is 0. The molecule has 16 nitrogen and oxygen atoms in total. The van der Waals surface area contributed by atoms with Crippen LogP contribution in [0.25, 0.3) is 0 Å². The third-order valence-electron chi connectivity index (χ3n) is 6.31. The normalized spacial score (nSPS) is 19.0. The number of amides is 8. The van der Waals surface area contributed by atoms with E-state index >= 15 is 0 Å². The van der Waals surface area contributed by atoms with E-state index in [-0.39, 0.29) is 95.4 Å². The van der Waals surface area contributed by atoms with Gasteiger partial charge in [-0.05, 0) is 25.4 Å².